The second-order valence-electron chi connectivity index (χ2n) is 5.20. The van der Waals surface area contributed by atoms with Crippen LogP contribution in [-0.4, -0.2) is 38.2 Å². The van der Waals surface area contributed by atoms with Crippen LogP contribution >= 0.6 is 0 Å². The molecule has 0 aliphatic carbocycles. The first-order valence-electron chi connectivity index (χ1n) is 6.80. The summed E-state index contributed by atoms with van der Waals surface area (Å²) in [5.41, 5.74) is 0.222. The van der Waals surface area contributed by atoms with E-state index in [2.05, 4.69) is 4.72 Å². The quantitative estimate of drug-likeness (QED) is 0.860. The van der Waals surface area contributed by atoms with Crippen LogP contribution in [0.1, 0.15) is 35.7 Å². The van der Waals surface area contributed by atoms with Gasteiger partial charge < -0.3 is 9.84 Å². The predicted molar refractivity (Wildman–Crippen MR) is 76.9 cm³/mol. The van der Waals surface area contributed by atoms with E-state index in [4.69, 9.17) is 9.84 Å². The van der Waals surface area contributed by atoms with Crippen LogP contribution in [0.4, 0.5) is 0 Å². The van der Waals surface area contributed by atoms with E-state index in [1.165, 1.54) is 25.1 Å². The van der Waals surface area contributed by atoms with Crippen LogP contribution in [0.2, 0.25) is 0 Å². The topological polar surface area (TPSA) is 92.7 Å². The smallest absolute Gasteiger partial charge is 0.335 e. The van der Waals surface area contributed by atoms with Gasteiger partial charge in [-0.25, -0.2) is 17.9 Å². The first-order valence-corrected chi connectivity index (χ1v) is 8.28. The molecular weight excluding hydrogens is 294 g/mol. The molecule has 1 saturated heterocycles. The van der Waals surface area contributed by atoms with Crippen molar-refractivity contribution in [2.75, 3.05) is 6.61 Å². The summed E-state index contributed by atoms with van der Waals surface area (Å²) in [5, 5.41) is 9.08. The zero-order valence-corrected chi connectivity index (χ0v) is 12.8. The Hall–Kier alpha value is -1.44. The molecule has 0 amide bonds. The van der Waals surface area contributed by atoms with Gasteiger partial charge in [-0.2, -0.15) is 0 Å². The summed E-state index contributed by atoms with van der Waals surface area (Å²) in [6.45, 7) is 3.89. The summed E-state index contributed by atoms with van der Waals surface area (Å²) < 4.78 is 32.9. The molecular formula is C14H19NO5S. The number of carboxylic acid groups (broad SMARTS) is 1. The summed E-state index contributed by atoms with van der Waals surface area (Å²) >= 11 is 0. The van der Waals surface area contributed by atoms with Crippen molar-refractivity contribution >= 4 is 16.0 Å². The van der Waals surface area contributed by atoms with Crippen molar-refractivity contribution < 1.29 is 23.1 Å². The highest BCUT2D eigenvalue weighted by Crippen LogP contribution is 2.21. The minimum absolute atomic E-state index is 0.00718. The molecule has 2 atom stereocenters. The van der Waals surface area contributed by atoms with Crippen LogP contribution in [-0.2, 0) is 14.8 Å². The number of nitrogens with one attached hydrogen (secondary N) is 1. The summed E-state index contributed by atoms with van der Waals surface area (Å²) in [6.07, 6.45) is 1.60. The van der Waals surface area contributed by atoms with E-state index >= 15 is 0 Å². The molecule has 1 fully saturated rings. The first-order chi connectivity index (χ1) is 9.83. The Morgan fingerprint density at radius 2 is 2.19 bits per heavy atom. The van der Waals surface area contributed by atoms with Crippen LogP contribution in [0.5, 0.6) is 0 Å². The molecule has 116 valence electrons. The summed E-state index contributed by atoms with van der Waals surface area (Å²) in [4.78, 5) is 11.1. The van der Waals surface area contributed by atoms with Crippen molar-refractivity contribution in [1.29, 1.82) is 0 Å². The zero-order valence-electron chi connectivity index (χ0n) is 12.0. The molecule has 0 spiro atoms. The van der Waals surface area contributed by atoms with E-state index in [-0.39, 0.29) is 28.2 Å². The predicted octanol–water partition coefficient (Wildman–Crippen LogP) is 1.54. The average molecular weight is 313 g/mol. The summed E-state index contributed by atoms with van der Waals surface area (Å²) in [5.74, 6) is -1.14. The summed E-state index contributed by atoms with van der Waals surface area (Å²) in [7, 11) is -3.78. The number of aromatic carboxylic acids is 1. The number of hydrogen-bond donors (Lipinski definition) is 2. The van der Waals surface area contributed by atoms with Gasteiger partial charge in [-0.1, -0.05) is 6.07 Å². The average Bonchev–Trinajstić information content (AvgIpc) is 2.91. The Labute approximate surface area is 124 Å². The number of carbonyl (C=O) groups is 1. The second-order valence-corrected chi connectivity index (χ2v) is 6.88. The Kier molecular flexibility index (Phi) is 4.65. The lowest BCUT2D eigenvalue weighted by Crippen LogP contribution is -2.41. The SMILES string of the molecule is Cc1c(C(=O)O)cccc1S(=O)(=O)NC(C)C1CCCO1. The Morgan fingerprint density at radius 1 is 1.48 bits per heavy atom. The molecule has 0 radical (unpaired) electrons. The number of carboxylic acids is 1. The van der Waals surface area contributed by atoms with Crippen LogP contribution < -0.4 is 4.72 Å². The lowest BCUT2D eigenvalue weighted by molar-refractivity contribution is 0.0695. The van der Waals surface area contributed by atoms with Gasteiger partial charge in [-0.3, -0.25) is 0 Å². The highest BCUT2D eigenvalue weighted by atomic mass is 32.2. The van der Waals surface area contributed by atoms with Crippen molar-refractivity contribution in [1.82, 2.24) is 4.72 Å². The van der Waals surface area contributed by atoms with Crippen LogP contribution in [0.25, 0.3) is 0 Å². The molecule has 6 nitrogen and oxygen atoms in total. The molecule has 1 aliphatic rings. The summed E-state index contributed by atoms with van der Waals surface area (Å²) in [6, 6.07) is 3.87. The van der Waals surface area contributed by atoms with Gasteiger partial charge in [0.25, 0.3) is 0 Å². The molecule has 0 bridgehead atoms. The van der Waals surface area contributed by atoms with Gasteiger partial charge in [-0.05, 0) is 44.4 Å². The molecule has 1 aromatic rings. The van der Waals surface area contributed by atoms with Gasteiger partial charge in [0.2, 0.25) is 10.0 Å². The fourth-order valence-corrected chi connectivity index (χ4v) is 4.06. The molecule has 2 N–H and O–H groups in total. The third-order valence-electron chi connectivity index (χ3n) is 3.67. The van der Waals surface area contributed by atoms with Crippen molar-refractivity contribution in [3.63, 3.8) is 0 Å². The standard InChI is InChI=1S/C14H19NO5S/c1-9-11(14(16)17)5-3-7-13(9)21(18,19)15-10(2)12-6-4-8-20-12/h3,5,7,10,12,15H,4,6,8H2,1-2H3,(H,16,17). The first kappa shape index (κ1) is 15.9. The van der Waals surface area contributed by atoms with Gasteiger partial charge in [0, 0.05) is 12.6 Å². The minimum Gasteiger partial charge on any atom is -0.478 e. The number of hydrogen-bond acceptors (Lipinski definition) is 4. The maximum absolute atomic E-state index is 12.4. The Bertz CT molecular complexity index is 635. The fourth-order valence-electron chi connectivity index (χ4n) is 2.52. The van der Waals surface area contributed by atoms with Crippen LogP contribution in [0.15, 0.2) is 23.1 Å². The van der Waals surface area contributed by atoms with Gasteiger partial charge >= 0.3 is 5.97 Å². The molecule has 1 aromatic carbocycles. The fraction of sp³-hybridized carbons (Fsp3) is 0.500. The van der Waals surface area contributed by atoms with Gasteiger partial charge in [-0.15, -0.1) is 0 Å². The largest absolute Gasteiger partial charge is 0.478 e. The van der Waals surface area contributed by atoms with Gasteiger partial charge in [0.1, 0.15) is 0 Å². The van der Waals surface area contributed by atoms with E-state index in [9.17, 15) is 13.2 Å². The van der Waals surface area contributed by atoms with Gasteiger partial charge in [0.15, 0.2) is 0 Å². The van der Waals surface area contributed by atoms with E-state index in [1.54, 1.807) is 6.92 Å². The molecule has 21 heavy (non-hydrogen) atoms. The lowest BCUT2D eigenvalue weighted by atomic mass is 10.1. The highest BCUT2D eigenvalue weighted by Gasteiger charge is 2.28. The number of benzene rings is 1. The second kappa shape index (κ2) is 6.13. The molecule has 2 rings (SSSR count). The Balaban J connectivity index is 2.27. The molecule has 0 aromatic heterocycles. The van der Waals surface area contributed by atoms with Crippen molar-refractivity contribution in [3.05, 3.63) is 29.3 Å². The molecule has 7 heteroatoms. The highest BCUT2D eigenvalue weighted by molar-refractivity contribution is 7.89. The molecule has 2 unspecified atom stereocenters. The van der Waals surface area contributed by atoms with E-state index < -0.39 is 16.0 Å². The van der Waals surface area contributed by atoms with E-state index in [0.29, 0.717) is 6.61 Å². The van der Waals surface area contributed by atoms with Crippen molar-refractivity contribution in [3.8, 4) is 0 Å². The van der Waals surface area contributed by atoms with Crippen molar-refractivity contribution in [2.45, 2.75) is 43.7 Å². The minimum atomic E-state index is -3.78. The maximum Gasteiger partial charge on any atom is 0.335 e. The maximum atomic E-state index is 12.4. The monoisotopic (exact) mass is 313 g/mol. The van der Waals surface area contributed by atoms with E-state index in [0.717, 1.165) is 12.8 Å². The van der Waals surface area contributed by atoms with Crippen molar-refractivity contribution in [2.24, 2.45) is 0 Å². The number of rotatable bonds is 5. The van der Waals surface area contributed by atoms with Gasteiger partial charge in [0.05, 0.1) is 16.6 Å². The number of ether oxygens (including phenoxy) is 1. The van der Waals surface area contributed by atoms with Crippen LogP contribution in [0, 0.1) is 6.92 Å². The molecule has 1 heterocycles. The van der Waals surface area contributed by atoms with Crippen LogP contribution in [0.3, 0.4) is 0 Å². The number of sulfonamides is 1. The molecule has 1 aliphatic heterocycles. The third kappa shape index (κ3) is 3.42. The third-order valence-corrected chi connectivity index (χ3v) is 5.37. The zero-order chi connectivity index (χ0) is 15.6. The molecule has 0 saturated carbocycles. The Morgan fingerprint density at radius 3 is 2.76 bits per heavy atom. The normalized spacial score (nSPS) is 20.4. The lowest BCUT2D eigenvalue weighted by Gasteiger charge is -2.20. The van der Waals surface area contributed by atoms with E-state index in [1.807, 2.05) is 0 Å².